The second kappa shape index (κ2) is 7.78. The van der Waals surface area contributed by atoms with Crippen LogP contribution in [-0.4, -0.2) is 33.5 Å². The molecule has 0 aliphatic carbocycles. The van der Waals surface area contributed by atoms with E-state index in [1.54, 1.807) is 12.3 Å². The number of carboxylic acids is 1. The van der Waals surface area contributed by atoms with Gasteiger partial charge >= 0.3 is 5.97 Å². The molecule has 2 aromatic heterocycles. The number of aromatic carboxylic acids is 1. The zero-order valence-corrected chi connectivity index (χ0v) is 16.1. The SMILES string of the molecule is O=C(O)c1cc(CN2CCC(c3ccc(Cl)cc3)CC2)c2ccccn2c1=O. The maximum absolute atomic E-state index is 12.4. The van der Waals surface area contributed by atoms with Crippen LogP contribution in [0.5, 0.6) is 0 Å². The summed E-state index contributed by atoms with van der Waals surface area (Å²) in [5.41, 5.74) is 2.26. The summed E-state index contributed by atoms with van der Waals surface area (Å²) >= 11 is 5.98. The number of halogens is 1. The van der Waals surface area contributed by atoms with Crippen molar-refractivity contribution in [2.24, 2.45) is 0 Å². The van der Waals surface area contributed by atoms with Gasteiger partial charge in [-0.15, -0.1) is 0 Å². The predicted octanol–water partition coefficient (Wildman–Crippen LogP) is 4.03. The molecule has 1 fully saturated rings. The molecule has 1 aromatic carbocycles. The molecule has 1 N–H and O–H groups in total. The smallest absolute Gasteiger partial charge is 0.341 e. The average Bonchev–Trinajstić information content (AvgIpc) is 2.71. The highest BCUT2D eigenvalue weighted by molar-refractivity contribution is 6.30. The van der Waals surface area contributed by atoms with Gasteiger partial charge in [0.25, 0.3) is 5.56 Å². The van der Waals surface area contributed by atoms with E-state index in [4.69, 9.17) is 11.6 Å². The monoisotopic (exact) mass is 396 g/mol. The molecule has 5 nitrogen and oxygen atoms in total. The van der Waals surface area contributed by atoms with Crippen molar-refractivity contribution in [2.45, 2.75) is 25.3 Å². The molecule has 0 saturated carbocycles. The van der Waals surface area contributed by atoms with Gasteiger partial charge in [-0.2, -0.15) is 0 Å². The molecular weight excluding hydrogens is 376 g/mol. The Morgan fingerprint density at radius 1 is 1.11 bits per heavy atom. The molecule has 0 amide bonds. The number of carbonyl (C=O) groups is 1. The number of likely N-dealkylation sites (tertiary alicyclic amines) is 1. The number of pyridine rings is 2. The predicted molar refractivity (Wildman–Crippen MR) is 109 cm³/mol. The highest BCUT2D eigenvalue weighted by Crippen LogP contribution is 2.29. The van der Waals surface area contributed by atoms with Crippen LogP contribution in [0.1, 0.15) is 40.2 Å². The summed E-state index contributed by atoms with van der Waals surface area (Å²) in [5.74, 6) is -0.677. The molecule has 6 heteroatoms. The van der Waals surface area contributed by atoms with Crippen molar-refractivity contribution in [3.63, 3.8) is 0 Å². The third-order valence-corrected chi connectivity index (χ3v) is 5.76. The zero-order chi connectivity index (χ0) is 19.7. The number of fused-ring (bicyclic) bond motifs is 1. The number of benzene rings is 1. The van der Waals surface area contributed by atoms with Crippen molar-refractivity contribution in [1.82, 2.24) is 9.30 Å². The first-order valence-electron chi connectivity index (χ1n) is 9.37. The van der Waals surface area contributed by atoms with Gasteiger partial charge in [0.15, 0.2) is 0 Å². The highest BCUT2D eigenvalue weighted by atomic mass is 35.5. The van der Waals surface area contributed by atoms with Crippen LogP contribution in [0.3, 0.4) is 0 Å². The van der Waals surface area contributed by atoms with E-state index in [0.717, 1.165) is 42.0 Å². The van der Waals surface area contributed by atoms with Crippen molar-refractivity contribution in [2.75, 3.05) is 13.1 Å². The topological polar surface area (TPSA) is 62.0 Å². The number of hydrogen-bond donors (Lipinski definition) is 1. The van der Waals surface area contributed by atoms with Crippen molar-refractivity contribution in [3.05, 3.63) is 86.8 Å². The molecule has 144 valence electrons. The van der Waals surface area contributed by atoms with Gasteiger partial charge in [0, 0.05) is 17.8 Å². The fraction of sp³-hybridized carbons (Fsp3) is 0.273. The van der Waals surface area contributed by atoms with E-state index >= 15 is 0 Å². The summed E-state index contributed by atoms with van der Waals surface area (Å²) in [4.78, 5) is 26.2. The Bertz CT molecular complexity index is 1070. The third kappa shape index (κ3) is 3.68. The van der Waals surface area contributed by atoms with E-state index in [2.05, 4.69) is 17.0 Å². The molecule has 1 saturated heterocycles. The van der Waals surface area contributed by atoms with Crippen molar-refractivity contribution in [1.29, 1.82) is 0 Å². The Labute approximate surface area is 167 Å². The number of rotatable bonds is 4. The summed E-state index contributed by atoms with van der Waals surface area (Å²) in [6.07, 6.45) is 3.71. The molecule has 3 aromatic rings. The number of nitrogens with zero attached hydrogens (tertiary/aromatic N) is 2. The lowest BCUT2D eigenvalue weighted by molar-refractivity contribution is 0.0694. The molecule has 28 heavy (non-hydrogen) atoms. The second-order valence-electron chi connectivity index (χ2n) is 7.25. The van der Waals surface area contributed by atoms with Crippen LogP contribution in [0.25, 0.3) is 5.52 Å². The zero-order valence-electron chi connectivity index (χ0n) is 15.3. The van der Waals surface area contributed by atoms with Crippen LogP contribution in [0.4, 0.5) is 0 Å². The maximum atomic E-state index is 12.4. The van der Waals surface area contributed by atoms with Gasteiger partial charge in [-0.25, -0.2) is 4.79 Å². The van der Waals surface area contributed by atoms with E-state index in [-0.39, 0.29) is 5.56 Å². The summed E-state index contributed by atoms with van der Waals surface area (Å²) < 4.78 is 1.43. The van der Waals surface area contributed by atoms with Crippen molar-refractivity contribution < 1.29 is 9.90 Å². The van der Waals surface area contributed by atoms with Crippen LogP contribution < -0.4 is 5.56 Å². The highest BCUT2D eigenvalue weighted by Gasteiger charge is 2.22. The Morgan fingerprint density at radius 2 is 1.82 bits per heavy atom. The van der Waals surface area contributed by atoms with E-state index in [0.29, 0.717) is 12.5 Å². The number of carboxylic acid groups (broad SMARTS) is 1. The number of hydrogen-bond acceptors (Lipinski definition) is 3. The molecule has 0 unspecified atom stereocenters. The van der Waals surface area contributed by atoms with Gasteiger partial charge in [0.2, 0.25) is 0 Å². The first kappa shape index (κ1) is 18.7. The minimum atomic E-state index is -1.19. The Morgan fingerprint density at radius 3 is 2.50 bits per heavy atom. The molecule has 0 atom stereocenters. The maximum Gasteiger partial charge on any atom is 0.341 e. The second-order valence-corrected chi connectivity index (χ2v) is 7.69. The molecule has 0 spiro atoms. The lowest BCUT2D eigenvalue weighted by atomic mass is 9.89. The summed E-state index contributed by atoms with van der Waals surface area (Å²) in [6, 6.07) is 15.1. The summed E-state index contributed by atoms with van der Waals surface area (Å²) in [6.45, 7) is 2.48. The molecule has 0 bridgehead atoms. The van der Waals surface area contributed by atoms with Crippen molar-refractivity contribution in [3.8, 4) is 0 Å². The van der Waals surface area contributed by atoms with Crippen LogP contribution in [-0.2, 0) is 6.54 Å². The van der Waals surface area contributed by atoms with E-state index in [1.807, 2.05) is 24.3 Å². The van der Waals surface area contributed by atoms with E-state index in [9.17, 15) is 14.7 Å². The normalized spacial score (nSPS) is 15.8. The van der Waals surface area contributed by atoms with E-state index in [1.165, 1.54) is 16.0 Å². The minimum absolute atomic E-state index is 0.185. The average molecular weight is 397 g/mol. The van der Waals surface area contributed by atoms with Gasteiger partial charge < -0.3 is 5.11 Å². The molecule has 3 heterocycles. The molecule has 1 aliphatic heterocycles. The summed E-state index contributed by atoms with van der Waals surface area (Å²) in [7, 11) is 0. The lowest BCUT2D eigenvalue weighted by Gasteiger charge is -2.32. The summed E-state index contributed by atoms with van der Waals surface area (Å²) in [5, 5.41) is 10.2. The fourth-order valence-electron chi connectivity index (χ4n) is 4.00. The van der Waals surface area contributed by atoms with Crippen LogP contribution in [0.15, 0.2) is 59.5 Å². The van der Waals surface area contributed by atoms with Crippen molar-refractivity contribution >= 4 is 23.1 Å². The first-order chi connectivity index (χ1) is 13.5. The quantitative estimate of drug-likeness (QED) is 0.723. The molecular formula is C22H21ClN2O3. The standard InChI is InChI=1S/C22H21ClN2O3/c23-18-6-4-15(5-7-18)16-8-11-24(12-9-16)14-17-13-19(22(27)28)21(26)25-10-2-1-3-20(17)25/h1-7,10,13,16H,8-9,11-12,14H2,(H,27,28). The van der Waals surface area contributed by atoms with Gasteiger partial charge in [-0.1, -0.05) is 29.8 Å². The van der Waals surface area contributed by atoms with Gasteiger partial charge in [0.1, 0.15) is 5.56 Å². The molecule has 1 aliphatic rings. The largest absolute Gasteiger partial charge is 0.477 e. The van der Waals surface area contributed by atoms with Crippen LogP contribution in [0, 0.1) is 0 Å². The van der Waals surface area contributed by atoms with Gasteiger partial charge in [-0.3, -0.25) is 14.1 Å². The molecule has 4 rings (SSSR count). The fourth-order valence-corrected chi connectivity index (χ4v) is 4.13. The number of piperidine rings is 1. The lowest BCUT2D eigenvalue weighted by Crippen LogP contribution is -2.33. The van der Waals surface area contributed by atoms with Crippen LogP contribution in [0.2, 0.25) is 5.02 Å². The van der Waals surface area contributed by atoms with Gasteiger partial charge in [-0.05, 0) is 73.3 Å². The third-order valence-electron chi connectivity index (χ3n) is 5.51. The Hall–Kier alpha value is -2.63. The molecule has 0 radical (unpaired) electrons. The minimum Gasteiger partial charge on any atom is -0.477 e. The van der Waals surface area contributed by atoms with Gasteiger partial charge in [0.05, 0.1) is 5.52 Å². The Balaban J connectivity index is 1.54. The number of aromatic nitrogens is 1. The van der Waals surface area contributed by atoms with Crippen LogP contribution >= 0.6 is 11.6 Å². The van der Waals surface area contributed by atoms with E-state index < -0.39 is 11.5 Å². The Kier molecular flexibility index (Phi) is 5.20. The first-order valence-corrected chi connectivity index (χ1v) is 9.75.